The summed E-state index contributed by atoms with van der Waals surface area (Å²) in [5, 5.41) is 21.2. The average Bonchev–Trinajstić information content (AvgIpc) is 3.91. The van der Waals surface area contributed by atoms with Crippen LogP contribution >= 0.6 is 0 Å². The molecule has 4 rings (SSSR count). The van der Waals surface area contributed by atoms with Crippen LogP contribution in [-0.4, -0.2) is 64.3 Å². The van der Waals surface area contributed by atoms with E-state index in [0.29, 0.717) is 34.7 Å². The lowest BCUT2D eigenvalue weighted by Crippen LogP contribution is -2.39. The molecule has 0 bridgehead atoms. The maximum atomic E-state index is 13.8. The lowest BCUT2D eigenvalue weighted by Gasteiger charge is -2.19. The lowest BCUT2D eigenvalue weighted by molar-refractivity contribution is -0.185. The lowest BCUT2D eigenvalue weighted by atomic mass is 9.89. The Labute approximate surface area is 290 Å². The van der Waals surface area contributed by atoms with Gasteiger partial charge in [-0.25, -0.2) is 9.78 Å². The van der Waals surface area contributed by atoms with Crippen molar-refractivity contribution >= 4 is 41.4 Å². The molecule has 0 aliphatic heterocycles. The number of nitrogens with one attached hydrogen (secondary N) is 2. The minimum atomic E-state index is -1.34. The molecule has 1 unspecified atom stereocenters. The first-order valence-electron chi connectivity index (χ1n) is 16.3. The van der Waals surface area contributed by atoms with E-state index in [2.05, 4.69) is 16.9 Å². The van der Waals surface area contributed by atoms with Crippen LogP contribution in [-0.2, 0) is 25.5 Å². The molecule has 12 heteroatoms. The monoisotopic (exact) mass is 682 g/mol. The Morgan fingerprint density at radius 2 is 1.72 bits per heavy atom. The number of carbonyl (C=O) groups excluding carboxylic acids is 4. The van der Waals surface area contributed by atoms with Crippen LogP contribution in [0.2, 0.25) is 0 Å². The molecule has 1 aliphatic carbocycles. The second-order valence-corrected chi connectivity index (χ2v) is 12.7. The number of carbonyl (C=O) groups is 5. The number of benzene rings is 2. The zero-order valence-corrected chi connectivity index (χ0v) is 28.6. The predicted molar refractivity (Wildman–Crippen MR) is 187 cm³/mol. The van der Waals surface area contributed by atoms with Crippen LogP contribution in [0.3, 0.4) is 0 Å². The number of ketones is 1. The molecule has 1 aliphatic rings. The van der Waals surface area contributed by atoms with Gasteiger partial charge in [-0.2, -0.15) is 0 Å². The number of pyridine rings is 1. The van der Waals surface area contributed by atoms with E-state index in [9.17, 15) is 29.1 Å². The summed E-state index contributed by atoms with van der Waals surface area (Å²) in [6, 6.07) is 12.0. The van der Waals surface area contributed by atoms with Gasteiger partial charge in [0.05, 0.1) is 6.42 Å². The highest BCUT2D eigenvalue weighted by molar-refractivity contribution is 6.08. The van der Waals surface area contributed by atoms with Gasteiger partial charge in [-0.05, 0) is 77.6 Å². The van der Waals surface area contributed by atoms with Gasteiger partial charge in [-0.15, -0.1) is 0 Å². The van der Waals surface area contributed by atoms with Crippen LogP contribution in [0.5, 0.6) is 0 Å². The van der Waals surface area contributed by atoms with Crippen LogP contribution in [0.4, 0.5) is 0 Å². The Morgan fingerprint density at radius 3 is 2.32 bits per heavy atom. The zero-order valence-electron chi connectivity index (χ0n) is 28.6. The molecule has 1 saturated carbocycles. The van der Waals surface area contributed by atoms with Gasteiger partial charge in [0.15, 0.2) is 11.5 Å². The van der Waals surface area contributed by atoms with E-state index in [-0.39, 0.29) is 52.8 Å². The summed E-state index contributed by atoms with van der Waals surface area (Å²) in [7, 11) is 0. The molecule has 0 saturated heterocycles. The fourth-order valence-electron chi connectivity index (χ4n) is 5.13. The molecule has 0 spiro atoms. The minimum absolute atomic E-state index is 0.0256. The fourth-order valence-corrected chi connectivity index (χ4v) is 5.13. The van der Waals surface area contributed by atoms with E-state index < -0.39 is 36.1 Å². The van der Waals surface area contributed by atoms with Crippen molar-refractivity contribution in [1.29, 1.82) is 5.41 Å². The number of Topliss-reactive ketones (excluding diaryl/α,β-unsaturated/α-hetero) is 1. The van der Waals surface area contributed by atoms with Gasteiger partial charge in [0.1, 0.15) is 11.7 Å². The molecule has 1 amide bonds. The number of carboxylic acids is 1. The van der Waals surface area contributed by atoms with Crippen LogP contribution < -0.4 is 11.1 Å². The third-order valence-electron chi connectivity index (χ3n) is 8.35. The number of aryl methyl sites for hydroxylation is 1. The predicted octanol–water partition coefficient (Wildman–Crippen LogP) is 5.14. The molecule has 50 heavy (non-hydrogen) atoms. The first kappa shape index (κ1) is 37.3. The molecular weight excluding hydrogens is 640 g/mol. The van der Waals surface area contributed by atoms with Crippen LogP contribution in [0, 0.1) is 24.2 Å². The molecule has 12 nitrogen and oxygen atoms in total. The number of nitrogens with zero attached hydrogens (tertiary/aromatic N) is 1. The van der Waals surface area contributed by atoms with Crippen molar-refractivity contribution in [3.8, 4) is 11.1 Å². The summed E-state index contributed by atoms with van der Waals surface area (Å²) in [4.78, 5) is 67.4. The Morgan fingerprint density at radius 1 is 1.04 bits per heavy atom. The van der Waals surface area contributed by atoms with Gasteiger partial charge >= 0.3 is 17.9 Å². The Bertz CT molecular complexity index is 1830. The Balaban J connectivity index is 1.49. The number of carboxylic acid groups (broad SMARTS) is 1. The summed E-state index contributed by atoms with van der Waals surface area (Å²) >= 11 is 0. The van der Waals surface area contributed by atoms with Crippen molar-refractivity contribution in [2.24, 2.45) is 17.6 Å². The van der Waals surface area contributed by atoms with Crippen LogP contribution in [0.1, 0.15) is 93.6 Å². The first-order valence-corrected chi connectivity index (χ1v) is 16.3. The second kappa shape index (κ2) is 16.3. The van der Waals surface area contributed by atoms with Gasteiger partial charge in [-0.3, -0.25) is 19.2 Å². The molecule has 2 aromatic carbocycles. The molecule has 2 atom stereocenters. The highest BCUT2D eigenvalue weighted by Crippen LogP contribution is 2.32. The molecule has 0 radical (unpaired) electrons. The van der Waals surface area contributed by atoms with Crippen molar-refractivity contribution in [2.45, 2.75) is 65.7 Å². The van der Waals surface area contributed by atoms with Crippen LogP contribution in [0.15, 0.2) is 55.1 Å². The largest absolute Gasteiger partial charge is 0.476 e. The molecule has 5 N–H and O–H groups in total. The van der Waals surface area contributed by atoms with Gasteiger partial charge < -0.3 is 31.0 Å². The number of rotatable bonds is 16. The van der Waals surface area contributed by atoms with E-state index in [1.54, 1.807) is 56.3 Å². The third kappa shape index (κ3) is 9.56. The number of esters is 2. The summed E-state index contributed by atoms with van der Waals surface area (Å²) in [5.41, 5.74) is 8.65. The molecule has 1 fully saturated rings. The topological polar surface area (TPSA) is 199 Å². The van der Waals surface area contributed by atoms with Crippen molar-refractivity contribution in [3.05, 3.63) is 94.3 Å². The smallest absolute Gasteiger partial charge is 0.355 e. The molecule has 1 heterocycles. The standard InChI is InChI=1S/C38H42N4O8/c1-6-25-17-29(28(15-21(25)4)27-13-14-31(42-35(27)37(46)47)36(45)41-19-24-7-8-24)32(43)16-23-9-11-26(12-10-23)30(39)18-33(44)49-22(5)50-38(48)34(40)20(2)3/h6,9-15,17,20,22,24,34,39H,1,7-8,16,18-19,40H2,2-5H3,(H,41,45)(H,46,47)/t22?,34-/m0/s1. The van der Waals surface area contributed by atoms with Crippen LogP contribution in [0.25, 0.3) is 17.2 Å². The van der Waals surface area contributed by atoms with E-state index in [1.807, 2.05) is 6.92 Å². The van der Waals surface area contributed by atoms with Crippen molar-refractivity contribution in [1.82, 2.24) is 10.3 Å². The van der Waals surface area contributed by atoms with Gasteiger partial charge in [-0.1, -0.05) is 56.8 Å². The Hall–Kier alpha value is -5.49. The number of hydrogen-bond acceptors (Lipinski definition) is 10. The van der Waals surface area contributed by atoms with Gasteiger partial charge in [0.25, 0.3) is 5.91 Å². The molecule has 1 aromatic heterocycles. The summed E-state index contributed by atoms with van der Waals surface area (Å²) in [6.45, 7) is 11.1. The Kier molecular flexibility index (Phi) is 12.1. The minimum Gasteiger partial charge on any atom is -0.476 e. The summed E-state index contributed by atoms with van der Waals surface area (Å²) in [5.74, 6) is -3.29. The number of aromatic nitrogens is 1. The summed E-state index contributed by atoms with van der Waals surface area (Å²) in [6.07, 6.45) is 2.09. The molecule has 262 valence electrons. The van der Waals surface area contributed by atoms with Crippen molar-refractivity contribution < 1.29 is 38.6 Å². The molecular formula is C38H42N4O8. The van der Waals surface area contributed by atoms with Crippen molar-refractivity contribution in [3.63, 3.8) is 0 Å². The van der Waals surface area contributed by atoms with E-state index in [4.69, 9.17) is 20.6 Å². The van der Waals surface area contributed by atoms with Gasteiger partial charge in [0, 0.05) is 36.7 Å². The van der Waals surface area contributed by atoms with E-state index in [0.717, 1.165) is 18.4 Å². The SMILES string of the molecule is C=Cc1cc(C(=O)Cc2ccc(C(=N)CC(=O)OC(C)OC(=O)[C@@H](N)C(C)C)cc2)c(-c2ccc(C(=O)NCC3CC3)nc2C(=O)O)cc1C. The first-order chi connectivity index (χ1) is 23.7. The number of hydrogen-bond donors (Lipinski definition) is 4. The van der Waals surface area contributed by atoms with E-state index >= 15 is 0 Å². The second-order valence-electron chi connectivity index (χ2n) is 12.7. The maximum absolute atomic E-state index is 13.8. The maximum Gasteiger partial charge on any atom is 0.355 e. The quantitative estimate of drug-likeness (QED) is 0.0679. The third-order valence-corrected chi connectivity index (χ3v) is 8.35. The van der Waals surface area contributed by atoms with E-state index in [1.165, 1.54) is 19.1 Å². The fraction of sp³-hybridized carbons (Fsp3) is 0.342. The number of amides is 1. The number of aromatic carboxylic acids is 1. The zero-order chi connectivity index (χ0) is 36.7. The number of nitrogens with two attached hydrogens (primary N) is 1. The average molecular weight is 683 g/mol. The molecule has 3 aromatic rings. The van der Waals surface area contributed by atoms with Crippen molar-refractivity contribution in [2.75, 3.05) is 6.54 Å². The van der Waals surface area contributed by atoms with Gasteiger partial charge in [0.2, 0.25) is 6.29 Å². The summed E-state index contributed by atoms with van der Waals surface area (Å²) < 4.78 is 10.2. The highest BCUT2D eigenvalue weighted by atomic mass is 16.7. The normalized spacial score (nSPS) is 13.6. The highest BCUT2D eigenvalue weighted by Gasteiger charge is 2.26. The number of ether oxygens (including phenoxy) is 2.